The van der Waals surface area contributed by atoms with Gasteiger partial charge in [0, 0.05) is 0 Å². The molecule has 0 bridgehead atoms. The second-order valence-corrected chi connectivity index (χ2v) is 6.68. The molecule has 0 aromatic carbocycles. The molecule has 0 aliphatic heterocycles. The normalized spacial score (nSPS) is 20.7. The summed E-state index contributed by atoms with van der Waals surface area (Å²) in [6.45, 7) is 0. The van der Waals surface area contributed by atoms with Gasteiger partial charge < -0.3 is 0 Å². The Kier molecular flexibility index (Phi) is 9.39. The molecule has 4 unspecified atom stereocenters. The first-order valence-corrected chi connectivity index (χ1v) is 8.25. The maximum atomic E-state index is 14.1. The van der Waals surface area contributed by atoms with E-state index in [2.05, 4.69) is 0 Å². The van der Waals surface area contributed by atoms with Gasteiger partial charge in [0.1, 0.15) is 6.07 Å². The van der Waals surface area contributed by atoms with Crippen molar-refractivity contribution in [2.24, 2.45) is 0 Å². The van der Waals surface area contributed by atoms with Gasteiger partial charge in [-0.2, -0.15) is 102 Å². The lowest BCUT2D eigenvalue weighted by Crippen LogP contribution is -2.71. The molecular formula is C13F23NO4. The highest BCUT2D eigenvalue weighted by atomic mass is 19.4. The van der Waals surface area contributed by atoms with E-state index < -0.39 is 78.4 Å². The number of rotatable bonds is 10. The number of nitriles is 1. The Morgan fingerprint density at radius 3 is 0.976 bits per heavy atom. The van der Waals surface area contributed by atoms with Crippen LogP contribution in [0, 0.1) is 11.3 Å². The molecule has 0 spiro atoms. The van der Waals surface area contributed by atoms with Crippen molar-refractivity contribution in [3.63, 3.8) is 0 Å². The zero-order valence-corrected chi connectivity index (χ0v) is 17.3. The van der Waals surface area contributed by atoms with Crippen LogP contribution in [0.4, 0.5) is 101 Å². The number of alkyl halides is 22. The Labute approximate surface area is 205 Å². The molecule has 0 aliphatic rings. The smallest absolute Gasteiger partial charge is 0.264 e. The number of hydrogen-bond donors (Lipinski definition) is 0. The lowest BCUT2D eigenvalue weighted by Gasteiger charge is -2.42. The summed E-state index contributed by atoms with van der Waals surface area (Å²) in [7, 11) is 0. The van der Waals surface area contributed by atoms with Crippen LogP contribution in [0.15, 0.2) is 0 Å². The zero-order chi connectivity index (χ0) is 33.9. The van der Waals surface area contributed by atoms with Crippen molar-refractivity contribution >= 4 is 6.04 Å². The molecule has 0 aliphatic carbocycles. The van der Waals surface area contributed by atoms with Gasteiger partial charge in [-0.3, -0.25) is 19.0 Å². The van der Waals surface area contributed by atoms with E-state index >= 15 is 0 Å². The van der Waals surface area contributed by atoms with Crippen molar-refractivity contribution in [2.75, 3.05) is 0 Å². The van der Waals surface area contributed by atoms with Crippen molar-refractivity contribution in [3.05, 3.63) is 0 Å². The second-order valence-electron chi connectivity index (χ2n) is 6.68. The molecule has 41 heavy (non-hydrogen) atoms. The van der Waals surface area contributed by atoms with Crippen molar-refractivity contribution in [3.8, 4) is 6.07 Å². The second kappa shape index (κ2) is 10.0. The molecule has 5 nitrogen and oxygen atoms in total. The van der Waals surface area contributed by atoms with Gasteiger partial charge in [-0.1, -0.05) is 0 Å². The third kappa shape index (κ3) is 6.15. The summed E-state index contributed by atoms with van der Waals surface area (Å²) in [5, 5.41) is 7.84. The average molecular weight is 671 g/mol. The Morgan fingerprint density at radius 1 is 0.463 bits per heavy atom. The van der Waals surface area contributed by atoms with Gasteiger partial charge in [0.25, 0.3) is 0 Å². The van der Waals surface area contributed by atoms with Gasteiger partial charge in [-0.25, -0.2) is 4.39 Å². The minimum Gasteiger partial charge on any atom is -0.264 e. The molecule has 0 rings (SSSR count). The van der Waals surface area contributed by atoms with E-state index in [0.29, 0.717) is 0 Å². The fourth-order valence-electron chi connectivity index (χ4n) is 1.80. The van der Waals surface area contributed by atoms with Crippen molar-refractivity contribution < 1.29 is 120 Å². The SMILES string of the molecule is N#CC(F)(C(F)(F)F)C(F)(F)OC(F)(C(F)(F)F)C(F)(F)OC(F)(C(F)(F)F)C(F)(F)OC(F)(C(=O)F)C(F)(F)F. The van der Waals surface area contributed by atoms with Crippen LogP contribution in [0.2, 0.25) is 0 Å². The molecule has 0 radical (unpaired) electrons. The lowest BCUT2D eigenvalue weighted by molar-refractivity contribution is -0.572. The van der Waals surface area contributed by atoms with Gasteiger partial charge in [-0.15, -0.1) is 0 Å². The Bertz CT molecular complexity index is 1020. The summed E-state index contributed by atoms with van der Waals surface area (Å²) in [6.07, 6.45) is -57.4. The first-order valence-electron chi connectivity index (χ1n) is 8.25. The van der Waals surface area contributed by atoms with E-state index in [1.807, 2.05) is 0 Å². The van der Waals surface area contributed by atoms with Crippen LogP contribution in [0.25, 0.3) is 0 Å². The Hall–Kier alpha value is -2.57. The van der Waals surface area contributed by atoms with E-state index in [4.69, 9.17) is 5.26 Å². The van der Waals surface area contributed by atoms with E-state index in [-0.39, 0.29) is 0 Å². The van der Waals surface area contributed by atoms with E-state index in [1.54, 1.807) is 0 Å². The van der Waals surface area contributed by atoms with Crippen LogP contribution in [-0.2, 0) is 19.0 Å². The van der Waals surface area contributed by atoms with Crippen molar-refractivity contribution in [2.45, 2.75) is 66.3 Å². The van der Waals surface area contributed by atoms with Crippen molar-refractivity contribution in [1.29, 1.82) is 5.26 Å². The first kappa shape index (κ1) is 38.4. The van der Waals surface area contributed by atoms with Crippen molar-refractivity contribution in [1.82, 2.24) is 0 Å². The highest BCUT2D eigenvalue weighted by molar-refractivity contribution is 5.77. The van der Waals surface area contributed by atoms with Crippen LogP contribution >= 0.6 is 0 Å². The topological polar surface area (TPSA) is 68.6 Å². The molecule has 0 aromatic heterocycles. The molecule has 0 heterocycles. The molecule has 0 fully saturated rings. The predicted octanol–water partition coefficient (Wildman–Crippen LogP) is 6.79. The summed E-state index contributed by atoms with van der Waals surface area (Å²) in [6, 6.07) is -6.28. The molecule has 0 amide bonds. The summed E-state index contributed by atoms with van der Waals surface area (Å²) in [5.74, 6) is -24.9. The maximum Gasteiger partial charge on any atom is 0.459 e. The fraction of sp³-hybridized carbons (Fsp3) is 0.846. The number of nitrogens with zero attached hydrogens (tertiary/aromatic N) is 1. The Balaban J connectivity index is 7.34. The largest absolute Gasteiger partial charge is 0.459 e. The molecule has 4 atom stereocenters. The molecular weight excluding hydrogens is 671 g/mol. The quantitative estimate of drug-likeness (QED) is 0.189. The van der Waals surface area contributed by atoms with Crippen LogP contribution in [0.3, 0.4) is 0 Å². The van der Waals surface area contributed by atoms with E-state index in [9.17, 15) is 106 Å². The molecule has 242 valence electrons. The predicted molar refractivity (Wildman–Crippen MR) is 69.4 cm³/mol. The van der Waals surface area contributed by atoms with Gasteiger partial charge in [0.15, 0.2) is 0 Å². The zero-order valence-electron chi connectivity index (χ0n) is 17.3. The van der Waals surface area contributed by atoms with E-state index in [1.165, 1.54) is 9.47 Å². The molecule has 0 aromatic rings. The number of halogens is 23. The van der Waals surface area contributed by atoms with Gasteiger partial charge in [0.05, 0.1) is 0 Å². The fourth-order valence-corrected chi connectivity index (χ4v) is 1.80. The third-order valence-corrected chi connectivity index (χ3v) is 3.85. The van der Waals surface area contributed by atoms with Gasteiger partial charge >= 0.3 is 72.3 Å². The number of carbonyl (C=O) groups excluding carboxylic acids is 1. The monoisotopic (exact) mass is 671 g/mol. The first-order chi connectivity index (χ1) is 17.4. The molecule has 0 saturated carbocycles. The number of hydrogen-bond acceptors (Lipinski definition) is 5. The molecule has 0 N–H and O–H groups in total. The van der Waals surface area contributed by atoms with Crippen LogP contribution in [0.5, 0.6) is 0 Å². The lowest BCUT2D eigenvalue weighted by atomic mass is 10.1. The average Bonchev–Trinajstić information content (AvgIpc) is 2.68. The molecule has 0 saturated heterocycles. The van der Waals surface area contributed by atoms with Crippen LogP contribution in [-0.4, -0.2) is 72.3 Å². The highest BCUT2D eigenvalue weighted by Gasteiger charge is 2.88. The minimum atomic E-state index is -8.75. The van der Waals surface area contributed by atoms with Crippen LogP contribution < -0.4 is 0 Å². The van der Waals surface area contributed by atoms with E-state index in [0.717, 1.165) is 4.74 Å². The summed E-state index contributed by atoms with van der Waals surface area (Å²) in [5.41, 5.74) is -7.38. The Morgan fingerprint density at radius 2 is 0.756 bits per heavy atom. The van der Waals surface area contributed by atoms with Gasteiger partial charge in [0.2, 0.25) is 0 Å². The third-order valence-electron chi connectivity index (χ3n) is 3.85. The maximum absolute atomic E-state index is 14.1. The minimum absolute atomic E-state index is 1.05. The number of ether oxygens (including phenoxy) is 3. The standard InChI is InChI=1S/C13F23NO4/c14-2(38)4(16,8(22,23)24)39-12(33,34)5(17,9(25,26)27)41-13(35,36)6(18,10(28,29)30)40-11(31,32)3(15,1-37)7(19,20)21. The summed E-state index contributed by atoms with van der Waals surface area (Å²) < 4.78 is 303. The highest BCUT2D eigenvalue weighted by Crippen LogP contribution is 2.59. The molecule has 28 heteroatoms. The van der Waals surface area contributed by atoms with Crippen LogP contribution in [0.1, 0.15) is 0 Å². The number of carbonyl (C=O) groups is 1. The van der Waals surface area contributed by atoms with Gasteiger partial charge in [-0.05, 0) is 0 Å². The summed E-state index contributed by atoms with van der Waals surface area (Å²) >= 11 is 0. The summed E-state index contributed by atoms with van der Waals surface area (Å²) in [4.78, 5) is 10.0.